The summed E-state index contributed by atoms with van der Waals surface area (Å²) in [5.74, 6) is 1.47. The molecule has 2 bridgehead atoms. The molecule has 16 heavy (non-hydrogen) atoms. The third-order valence-corrected chi connectivity index (χ3v) is 3.85. The first-order chi connectivity index (χ1) is 7.50. The van der Waals surface area contributed by atoms with Gasteiger partial charge in [0.05, 0.1) is 0 Å². The van der Waals surface area contributed by atoms with E-state index in [-0.39, 0.29) is 11.5 Å². The molecular weight excluding hydrogens is 200 g/mol. The van der Waals surface area contributed by atoms with Crippen LogP contribution in [0.15, 0.2) is 12.2 Å². The Morgan fingerprint density at radius 3 is 1.94 bits per heavy atom. The summed E-state index contributed by atoms with van der Waals surface area (Å²) in [4.78, 5) is 10.0. The molecule has 2 fully saturated rings. The largest absolute Gasteiger partial charge is 0.478 e. The second kappa shape index (κ2) is 6.07. The predicted octanol–water partition coefficient (Wildman–Crippen LogP) is 3.87. The molecule has 0 spiro atoms. The highest BCUT2D eigenvalue weighted by Crippen LogP contribution is 2.41. The van der Waals surface area contributed by atoms with Crippen LogP contribution < -0.4 is 0 Å². The van der Waals surface area contributed by atoms with E-state index in [0.29, 0.717) is 0 Å². The van der Waals surface area contributed by atoms with Crippen LogP contribution in [0.4, 0.5) is 0 Å². The van der Waals surface area contributed by atoms with Gasteiger partial charge in [-0.15, -0.1) is 0 Å². The van der Waals surface area contributed by atoms with E-state index in [4.69, 9.17) is 5.11 Å². The molecule has 2 aliphatic carbocycles. The summed E-state index contributed by atoms with van der Waals surface area (Å²) in [6.45, 7) is 6.96. The lowest BCUT2D eigenvalue weighted by Crippen LogP contribution is -2.04. The van der Waals surface area contributed by atoms with Crippen molar-refractivity contribution in [3.05, 3.63) is 12.2 Å². The number of hydrogen-bond acceptors (Lipinski definition) is 1. The molecule has 0 amide bonds. The number of carbonyl (C=O) groups is 1. The Labute approximate surface area is 98.7 Å². The molecule has 2 heteroatoms. The summed E-state index contributed by atoms with van der Waals surface area (Å²) in [6, 6.07) is 0. The fourth-order valence-electron chi connectivity index (χ4n) is 2.65. The molecule has 0 aromatic carbocycles. The van der Waals surface area contributed by atoms with E-state index >= 15 is 0 Å². The highest BCUT2D eigenvalue weighted by atomic mass is 16.4. The first-order valence-electron chi connectivity index (χ1n) is 6.42. The number of hydrogen-bond donors (Lipinski definition) is 1. The second-order valence-electron chi connectivity index (χ2n) is 5.46. The van der Waals surface area contributed by atoms with Gasteiger partial charge in [-0.2, -0.15) is 0 Å². The van der Waals surface area contributed by atoms with Crippen LogP contribution in [-0.4, -0.2) is 11.1 Å². The van der Waals surface area contributed by atoms with Gasteiger partial charge in [-0.05, 0) is 24.2 Å². The Balaban J connectivity index is 0.000000160. The Morgan fingerprint density at radius 2 is 1.69 bits per heavy atom. The van der Waals surface area contributed by atoms with Crippen molar-refractivity contribution in [3.63, 3.8) is 0 Å². The molecule has 2 saturated carbocycles. The minimum Gasteiger partial charge on any atom is -0.478 e. The molecule has 2 nitrogen and oxygen atoms in total. The molecule has 0 saturated heterocycles. The van der Waals surface area contributed by atoms with Gasteiger partial charge in [-0.3, -0.25) is 0 Å². The average molecular weight is 224 g/mol. The highest BCUT2D eigenvalue weighted by molar-refractivity contribution is 5.86. The first kappa shape index (κ1) is 13.3. The van der Waals surface area contributed by atoms with Crippen LogP contribution in [0.3, 0.4) is 0 Å². The lowest BCUT2D eigenvalue weighted by Gasteiger charge is -2.16. The van der Waals surface area contributed by atoms with Crippen molar-refractivity contribution < 1.29 is 9.90 Å². The van der Waals surface area contributed by atoms with Gasteiger partial charge in [0, 0.05) is 5.57 Å². The van der Waals surface area contributed by atoms with Crippen LogP contribution in [-0.2, 0) is 4.79 Å². The molecule has 2 rings (SSSR count). The maximum absolute atomic E-state index is 10.0. The number of rotatable bonds is 2. The molecular formula is C14H24O2. The van der Waals surface area contributed by atoms with E-state index in [2.05, 4.69) is 6.58 Å². The summed E-state index contributed by atoms with van der Waals surface area (Å²) in [7, 11) is 0. The lowest BCUT2D eigenvalue weighted by atomic mass is 9.89. The molecule has 0 heterocycles. The van der Waals surface area contributed by atoms with Crippen LogP contribution in [0.5, 0.6) is 0 Å². The van der Waals surface area contributed by atoms with Crippen LogP contribution in [0, 0.1) is 17.8 Å². The van der Waals surface area contributed by atoms with E-state index in [1.165, 1.54) is 6.42 Å². The Kier molecular flexibility index (Phi) is 5.04. The lowest BCUT2D eigenvalue weighted by molar-refractivity contribution is -0.133. The van der Waals surface area contributed by atoms with Crippen LogP contribution in [0.1, 0.15) is 52.4 Å². The molecule has 1 N–H and O–H groups in total. The monoisotopic (exact) mass is 224 g/mol. The van der Waals surface area contributed by atoms with Gasteiger partial charge in [-0.25, -0.2) is 4.79 Å². The van der Waals surface area contributed by atoms with Gasteiger partial charge in [-0.1, -0.05) is 52.5 Å². The maximum atomic E-state index is 10.0. The third-order valence-electron chi connectivity index (χ3n) is 3.85. The summed E-state index contributed by atoms with van der Waals surface area (Å²) >= 11 is 0. The zero-order valence-corrected chi connectivity index (χ0v) is 10.5. The quantitative estimate of drug-likeness (QED) is 0.723. The molecule has 92 valence electrons. The molecule has 0 radical (unpaired) electrons. The van der Waals surface area contributed by atoms with Gasteiger partial charge in [0.1, 0.15) is 0 Å². The number of fused-ring (bicyclic) bond motifs is 2. The van der Waals surface area contributed by atoms with Crippen molar-refractivity contribution in [2.24, 2.45) is 17.8 Å². The van der Waals surface area contributed by atoms with E-state index in [1.807, 2.05) is 0 Å². The molecule has 2 unspecified atom stereocenters. The van der Waals surface area contributed by atoms with Gasteiger partial charge in [0.15, 0.2) is 0 Å². The van der Waals surface area contributed by atoms with Gasteiger partial charge < -0.3 is 5.11 Å². The minimum atomic E-state index is -0.903. The Bertz CT molecular complexity index is 241. The maximum Gasteiger partial charge on any atom is 0.331 e. The van der Waals surface area contributed by atoms with Gasteiger partial charge >= 0.3 is 5.97 Å². The number of carboxylic acid groups (broad SMARTS) is 1. The van der Waals surface area contributed by atoms with Crippen molar-refractivity contribution in [1.82, 2.24) is 0 Å². The van der Waals surface area contributed by atoms with Crippen molar-refractivity contribution >= 4 is 5.97 Å². The van der Waals surface area contributed by atoms with Crippen molar-refractivity contribution in [3.8, 4) is 0 Å². The Morgan fingerprint density at radius 1 is 1.19 bits per heavy atom. The zero-order valence-electron chi connectivity index (χ0n) is 10.5. The van der Waals surface area contributed by atoms with Gasteiger partial charge in [0.25, 0.3) is 0 Å². The SMILES string of the molecule is C1CC2CCC(C1)C2.C=C(C(=O)O)C(C)C. The van der Waals surface area contributed by atoms with Crippen LogP contribution >= 0.6 is 0 Å². The third kappa shape index (κ3) is 3.99. The van der Waals surface area contributed by atoms with Crippen molar-refractivity contribution in [2.75, 3.05) is 0 Å². The average Bonchev–Trinajstić information content (AvgIpc) is 2.57. The van der Waals surface area contributed by atoms with E-state index in [1.54, 1.807) is 46.0 Å². The molecule has 2 aliphatic rings. The normalized spacial score (nSPS) is 27.2. The molecule has 0 aliphatic heterocycles. The predicted molar refractivity (Wildman–Crippen MR) is 66.3 cm³/mol. The minimum absolute atomic E-state index is 0.0486. The highest BCUT2D eigenvalue weighted by Gasteiger charge is 2.27. The fourth-order valence-corrected chi connectivity index (χ4v) is 2.65. The van der Waals surface area contributed by atoms with Crippen molar-refractivity contribution in [2.45, 2.75) is 52.4 Å². The smallest absolute Gasteiger partial charge is 0.331 e. The standard InChI is InChI=1S/C8H14.C6H10O2/c1-2-7-4-5-8(3-1)6-7;1-4(2)5(3)6(7)8/h7-8H,1-6H2;4H,3H2,1-2H3,(H,7,8). The first-order valence-corrected chi connectivity index (χ1v) is 6.42. The van der Waals surface area contributed by atoms with E-state index in [9.17, 15) is 4.79 Å². The molecule has 2 atom stereocenters. The second-order valence-corrected chi connectivity index (χ2v) is 5.46. The number of carboxylic acids is 1. The van der Waals surface area contributed by atoms with E-state index < -0.39 is 5.97 Å². The van der Waals surface area contributed by atoms with Gasteiger partial charge in [0.2, 0.25) is 0 Å². The molecule has 0 aromatic rings. The van der Waals surface area contributed by atoms with Crippen LogP contribution in [0.2, 0.25) is 0 Å². The van der Waals surface area contributed by atoms with E-state index in [0.717, 1.165) is 11.8 Å². The fraction of sp³-hybridized carbons (Fsp3) is 0.786. The zero-order chi connectivity index (χ0) is 12.1. The summed E-state index contributed by atoms with van der Waals surface area (Å²) < 4.78 is 0. The summed E-state index contributed by atoms with van der Waals surface area (Å²) in [6.07, 6.45) is 9.34. The van der Waals surface area contributed by atoms with Crippen molar-refractivity contribution in [1.29, 1.82) is 0 Å². The molecule has 0 aromatic heterocycles. The topological polar surface area (TPSA) is 37.3 Å². The summed E-state index contributed by atoms with van der Waals surface area (Å²) in [5, 5.41) is 8.25. The number of aliphatic carboxylic acids is 1. The summed E-state index contributed by atoms with van der Waals surface area (Å²) in [5.41, 5.74) is 0.269. The van der Waals surface area contributed by atoms with Crippen LogP contribution in [0.25, 0.3) is 0 Å². The Hall–Kier alpha value is -0.790.